The van der Waals surface area contributed by atoms with Crippen LogP contribution in [0.2, 0.25) is 0 Å². The van der Waals surface area contributed by atoms with E-state index in [1.165, 1.54) is 0 Å². The maximum Gasteiger partial charge on any atom is 0.326 e. The van der Waals surface area contributed by atoms with Crippen molar-refractivity contribution in [1.82, 2.24) is 10.6 Å². The summed E-state index contributed by atoms with van der Waals surface area (Å²) in [5.74, 6) is -1.83. The summed E-state index contributed by atoms with van der Waals surface area (Å²) in [4.78, 5) is 35.7. The summed E-state index contributed by atoms with van der Waals surface area (Å²) in [6.45, 7) is 3.46. The predicted molar refractivity (Wildman–Crippen MR) is 95.0 cm³/mol. The van der Waals surface area contributed by atoms with Crippen LogP contribution in [0.3, 0.4) is 0 Å². The summed E-state index contributed by atoms with van der Waals surface area (Å²) in [5, 5.41) is 14.3. The number of amides is 2. The van der Waals surface area contributed by atoms with Crippen LogP contribution in [-0.4, -0.2) is 40.7 Å². The fourth-order valence-corrected chi connectivity index (χ4v) is 2.31. The molecule has 24 heavy (non-hydrogen) atoms. The summed E-state index contributed by atoms with van der Waals surface area (Å²) in [6.07, 6.45) is 0.499. The van der Waals surface area contributed by atoms with Gasteiger partial charge in [-0.05, 0) is 17.7 Å². The van der Waals surface area contributed by atoms with Crippen LogP contribution in [0, 0.1) is 5.92 Å². The third kappa shape index (κ3) is 6.62. The van der Waals surface area contributed by atoms with Crippen molar-refractivity contribution in [3.05, 3.63) is 35.9 Å². The lowest BCUT2D eigenvalue weighted by atomic mass is 10.0. The lowest BCUT2D eigenvalue weighted by Gasteiger charge is -2.22. The van der Waals surface area contributed by atoms with Gasteiger partial charge in [0.05, 0.1) is 0 Å². The van der Waals surface area contributed by atoms with Gasteiger partial charge in [-0.25, -0.2) is 4.79 Å². The lowest BCUT2D eigenvalue weighted by Crippen LogP contribution is -2.53. The standard InChI is InChI=1S/C17H24N2O4S/c1-11(2)15(20)19-14(10-12-6-4-3-5-7-12)16(21)18-13(8-9-24)17(22)23/h3-7,11,13-14,24H,8-10H2,1-2H3,(H,18,21)(H,19,20)(H,22,23)/t13-,14+/m1/s1. The minimum Gasteiger partial charge on any atom is -0.480 e. The molecule has 2 atom stereocenters. The number of hydrogen-bond donors (Lipinski definition) is 4. The average molecular weight is 352 g/mol. The number of carboxylic acid groups (broad SMARTS) is 1. The topological polar surface area (TPSA) is 95.5 Å². The Morgan fingerprint density at radius 1 is 1.04 bits per heavy atom. The molecule has 0 bridgehead atoms. The van der Waals surface area contributed by atoms with E-state index in [2.05, 4.69) is 23.3 Å². The normalized spacial score (nSPS) is 13.2. The predicted octanol–water partition coefficient (Wildman–Crippen LogP) is 1.26. The summed E-state index contributed by atoms with van der Waals surface area (Å²) >= 11 is 4.01. The number of carbonyl (C=O) groups excluding carboxylic acids is 2. The van der Waals surface area contributed by atoms with Crippen LogP contribution in [0.15, 0.2) is 30.3 Å². The first-order valence-electron chi connectivity index (χ1n) is 7.83. The van der Waals surface area contributed by atoms with E-state index in [1.807, 2.05) is 30.3 Å². The molecule has 6 nitrogen and oxygen atoms in total. The Kier molecular flexibility index (Phi) is 8.32. The highest BCUT2D eigenvalue weighted by atomic mass is 32.1. The van der Waals surface area contributed by atoms with Crippen molar-refractivity contribution in [1.29, 1.82) is 0 Å². The quantitative estimate of drug-likeness (QED) is 0.503. The van der Waals surface area contributed by atoms with Crippen LogP contribution in [0.4, 0.5) is 0 Å². The molecular weight excluding hydrogens is 328 g/mol. The van der Waals surface area contributed by atoms with Gasteiger partial charge in [0.25, 0.3) is 0 Å². The number of rotatable bonds is 9. The van der Waals surface area contributed by atoms with Crippen molar-refractivity contribution < 1.29 is 19.5 Å². The van der Waals surface area contributed by atoms with E-state index in [9.17, 15) is 14.4 Å². The van der Waals surface area contributed by atoms with Crippen molar-refractivity contribution in [3.8, 4) is 0 Å². The first-order chi connectivity index (χ1) is 11.3. The maximum absolute atomic E-state index is 12.5. The van der Waals surface area contributed by atoms with Gasteiger partial charge in [0.15, 0.2) is 0 Å². The van der Waals surface area contributed by atoms with E-state index < -0.39 is 24.0 Å². The number of carboxylic acids is 1. The molecule has 132 valence electrons. The molecule has 0 aromatic heterocycles. The van der Waals surface area contributed by atoms with Gasteiger partial charge in [-0.2, -0.15) is 12.6 Å². The molecule has 0 heterocycles. The van der Waals surface area contributed by atoms with Crippen LogP contribution < -0.4 is 10.6 Å². The molecule has 0 radical (unpaired) electrons. The molecule has 3 N–H and O–H groups in total. The monoisotopic (exact) mass is 352 g/mol. The molecule has 0 aliphatic heterocycles. The highest BCUT2D eigenvalue weighted by molar-refractivity contribution is 7.80. The van der Waals surface area contributed by atoms with E-state index in [-0.39, 0.29) is 18.2 Å². The Hall–Kier alpha value is -2.02. The number of benzene rings is 1. The van der Waals surface area contributed by atoms with E-state index in [0.717, 1.165) is 5.56 Å². The fourth-order valence-electron chi connectivity index (χ4n) is 2.06. The molecule has 2 amide bonds. The minimum absolute atomic E-state index is 0.209. The van der Waals surface area contributed by atoms with Crippen molar-refractivity contribution in [3.63, 3.8) is 0 Å². The molecule has 0 aliphatic rings. The largest absolute Gasteiger partial charge is 0.480 e. The Labute approximate surface area is 147 Å². The van der Waals surface area contributed by atoms with Gasteiger partial charge in [-0.1, -0.05) is 44.2 Å². The van der Waals surface area contributed by atoms with E-state index in [0.29, 0.717) is 12.2 Å². The molecule has 1 rings (SSSR count). The van der Waals surface area contributed by atoms with Crippen molar-refractivity contribution in [2.45, 2.75) is 38.8 Å². The first-order valence-corrected chi connectivity index (χ1v) is 8.46. The van der Waals surface area contributed by atoms with E-state index >= 15 is 0 Å². The maximum atomic E-state index is 12.5. The molecule has 0 saturated carbocycles. The first kappa shape index (κ1) is 20.0. The Balaban J connectivity index is 2.87. The minimum atomic E-state index is -1.12. The number of nitrogens with one attached hydrogen (secondary N) is 2. The Bertz CT molecular complexity index is 563. The number of aliphatic carboxylic acids is 1. The second-order valence-corrected chi connectivity index (χ2v) is 6.26. The van der Waals surface area contributed by atoms with Crippen LogP contribution in [0.25, 0.3) is 0 Å². The second-order valence-electron chi connectivity index (χ2n) is 5.82. The zero-order valence-corrected chi connectivity index (χ0v) is 14.8. The lowest BCUT2D eigenvalue weighted by molar-refractivity contribution is -0.142. The molecule has 0 unspecified atom stereocenters. The van der Waals surface area contributed by atoms with Crippen LogP contribution >= 0.6 is 12.6 Å². The van der Waals surface area contributed by atoms with Gasteiger partial charge < -0.3 is 15.7 Å². The molecule has 0 saturated heterocycles. The van der Waals surface area contributed by atoms with Crippen molar-refractivity contribution in [2.75, 3.05) is 5.75 Å². The van der Waals surface area contributed by atoms with Gasteiger partial charge in [-0.15, -0.1) is 0 Å². The third-order valence-corrected chi connectivity index (χ3v) is 3.73. The fraction of sp³-hybridized carbons (Fsp3) is 0.471. The third-order valence-electron chi connectivity index (χ3n) is 3.47. The summed E-state index contributed by atoms with van der Waals surface area (Å²) in [5.41, 5.74) is 0.878. The van der Waals surface area contributed by atoms with Gasteiger partial charge >= 0.3 is 5.97 Å². The highest BCUT2D eigenvalue weighted by Crippen LogP contribution is 2.06. The van der Waals surface area contributed by atoms with Crippen LogP contribution in [0.5, 0.6) is 0 Å². The van der Waals surface area contributed by atoms with Crippen LogP contribution in [0.1, 0.15) is 25.8 Å². The van der Waals surface area contributed by atoms with Gasteiger partial charge in [-0.3, -0.25) is 9.59 Å². The zero-order chi connectivity index (χ0) is 18.1. The molecule has 7 heteroatoms. The molecule has 1 aromatic carbocycles. The smallest absolute Gasteiger partial charge is 0.326 e. The van der Waals surface area contributed by atoms with Gasteiger partial charge in [0.1, 0.15) is 12.1 Å². The molecular formula is C17H24N2O4S. The van der Waals surface area contributed by atoms with E-state index in [1.54, 1.807) is 13.8 Å². The van der Waals surface area contributed by atoms with Gasteiger partial charge in [0, 0.05) is 12.3 Å². The number of hydrogen-bond acceptors (Lipinski definition) is 4. The van der Waals surface area contributed by atoms with E-state index in [4.69, 9.17) is 5.11 Å². The molecule has 1 aromatic rings. The summed E-state index contributed by atoms with van der Waals surface area (Å²) in [6, 6.07) is 7.39. The van der Waals surface area contributed by atoms with Crippen LogP contribution in [-0.2, 0) is 20.8 Å². The average Bonchev–Trinajstić information content (AvgIpc) is 2.54. The Morgan fingerprint density at radius 2 is 1.62 bits per heavy atom. The summed E-state index contributed by atoms with van der Waals surface area (Å²) < 4.78 is 0. The SMILES string of the molecule is CC(C)C(=O)N[C@@H](Cc1ccccc1)C(=O)N[C@H](CCS)C(=O)O. The summed E-state index contributed by atoms with van der Waals surface area (Å²) in [7, 11) is 0. The highest BCUT2D eigenvalue weighted by Gasteiger charge is 2.26. The second kappa shape index (κ2) is 9.97. The zero-order valence-electron chi connectivity index (χ0n) is 13.9. The molecule has 0 aliphatic carbocycles. The van der Waals surface area contributed by atoms with Crippen molar-refractivity contribution in [2.24, 2.45) is 5.92 Å². The van der Waals surface area contributed by atoms with Gasteiger partial charge in [0.2, 0.25) is 11.8 Å². The molecule has 0 fully saturated rings. The van der Waals surface area contributed by atoms with Crippen molar-refractivity contribution >= 4 is 30.4 Å². The number of carbonyl (C=O) groups is 3. The number of thiol groups is 1. The Morgan fingerprint density at radius 3 is 2.12 bits per heavy atom. The molecule has 0 spiro atoms.